The number of carbonyl (C=O) groups is 1. The van der Waals surface area contributed by atoms with Crippen LogP contribution in [0.4, 0.5) is 5.69 Å². The number of nitrogen functional groups attached to an aromatic ring is 1. The molecule has 0 fully saturated rings. The first kappa shape index (κ1) is 14.0. The van der Waals surface area contributed by atoms with E-state index >= 15 is 0 Å². The van der Waals surface area contributed by atoms with E-state index in [1.807, 2.05) is 25.5 Å². The lowest BCUT2D eigenvalue weighted by atomic mass is 10.3. The lowest BCUT2D eigenvalue weighted by molar-refractivity contribution is -0.121. The predicted octanol–water partition coefficient (Wildman–Crippen LogP) is -0.430. The zero-order chi connectivity index (χ0) is 14.7. The number of amides is 1. The van der Waals surface area contributed by atoms with Gasteiger partial charge >= 0.3 is 0 Å². The van der Waals surface area contributed by atoms with Gasteiger partial charge < -0.3 is 15.6 Å². The fourth-order valence-electron chi connectivity index (χ4n) is 1.90. The van der Waals surface area contributed by atoms with Crippen LogP contribution in [0, 0.1) is 13.8 Å². The Bertz CT molecular complexity index is 613. The molecule has 8 heteroatoms. The standard InChI is InChI=1S/C12H19N7O/c1-8-12(13)9(2)19(17-8)6-11(20)14-5-4-10-16-15-7-18(10)3/h7H,4-6,13H2,1-3H3,(H,14,20). The van der Waals surface area contributed by atoms with Crippen LogP contribution in [-0.2, 0) is 24.8 Å². The smallest absolute Gasteiger partial charge is 0.241 e. The van der Waals surface area contributed by atoms with E-state index in [0.717, 1.165) is 17.2 Å². The Morgan fingerprint density at radius 2 is 2.20 bits per heavy atom. The molecule has 20 heavy (non-hydrogen) atoms. The number of carbonyl (C=O) groups excluding carboxylic acids is 1. The molecule has 0 atom stereocenters. The summed E-state index contributed by atoms with van der Waals surface area (Å²) in [6.07, 6.45) is 2.28. The number of hydrogen-bond donors (Lipinski definition) is 2. The maximum absolute atomic E-state index is 11.8. The van der Waals surface area contributed by atoms with Gasteiger partial charge in [-0.05, 0) is 13.8 Å². The third-order valence-corrected chi connectivity index (χ3v) is 3.21. The quantitative estimate of drug-likeness (QED) is 0.771. The molecule has 0 spiro atoms. The lowest BCUT2D eigenvalue weighted by Crippen LogP contribution is -2.30. The number of nitrogens with zero attached hydrogens (tertiary/aromatic N) is 5. The number of nitrogens with two attached hydrogens (primary N) is 1. The van der Waals surface area contributed by atoms with Crippen LogP contribution in [0.5, 0.6) is 0 Å². The van der Waals surface area contributed by atoms with Crippen molar-refractivity contribution in [3.63, 3.8) is 0 Å². The highest BCUT2D eigenvalue weighted by Crippen LogP contribution is 2.14. The van der Waals surface area contributed by atoms with Gasteiger partial charge in [0.15, 0.2) is 0 Å². The second-order valence-electron chi connectivity index (χ2n) is 4.70. The van der Waals surface area contributed by atoms with E-state index in [4.69, 9.17) is 5.73 Å². The number of rotatable bonds is 5. The van der Waals surface area contributed by atoms with Gasteiger partial charge in [-0.15, -0.1) is 10.2 Å². The van der Waals surface area contributed by atoms with Gasteiger partial charge in [0.1, 0.15) is 18.7 Å². The van der Waals surface area contributed by atoms with Crippen LogP contribution in [0.3, 0.4) is 0 Å². The van der Waals surface area contributed by atoms with Crippen molar-refractivity contribution in [2.75, 3.05) is 12.3 Å². The van der Waals surface area contributed by atoms with Crippen LogP contribution in [0.15, 0.2) is 6.33 Å². The summed E-state index contributed by atoms with van der Waals surface area (Å²) < 4.78 is 3.44. The van der Waals surface area contributed by atoms with E-state index in [-0.39, 0.29) is 12.5 Å². The zero-order valence-corrected chi connectivity index (χ0v) is 11.9. The summed E-state index contributed by atoms with van der Waals surface area (Å²) in [6, 6.07) is 0. The highest BCUT2D eigenvalue weighted by molar-refractivity contribution is 5.75. The molecule has 2 rings (SSSR count). The average Bonchev–Trinajstić information content (AvgIpc) is 2.90. The molecule has 0 saturated carbocycles. The number of aryl methyl sites for hydroxylation is 2. The first-order valence-corrected chi connectivity index (χ1v) is 6.38. The summed E-state index contributed by atoms with van der Waals surface area (Å²) in [5.74, 6) is 0.735. The molecule has 2 aromatic heterocycles. The Labute approximate surface area is 117 Å². The van der Waals surface area contributed by atoms with Crippen molar-refractivity contribution in [1.82, 2.24) is 29.9 Å². The molecule has 8 nitrogen and oxygen atoms in total. The van der Waals surface area contributed by atoms with Crippen molar-refractivity contribution in [1.29, 1.82) is 0 Å². The van der Waals surface area contributed by atoms with Crippen LogP contribution in [-0.4, -0.2) is 37.0 Å². The summed E-state index contributed by atoms with van der Waals surface area (Å²) >= 11 is 0. The highest BCUT2D eigenvalue weighted by atomic mass is 16.2. The summed E-state index contributed by atoms with van der Waals surface area (Å²) in [7, 11) is 1.87. The van der Waals surface area contributed by atoms with Crippen molar-refractivity contribution < 1.29 is 4.79 Å². The zero-order valence-electron chi connectivity index (χ0n) is 11.9. The lowest BCUT2D eigenvalue weighted by Gasteiger charge is -2.06. The molecular formula is C12H19N7O. The van der Waals surface area contributed by atoms with Crippen molar-refractivity contribution >= 4 is 11.6 Å². The van der Waals surface area contributed by atoms with Gasteiger partial charge in [-0.2, -0.15) is 5.10 Å². The molecule has 0 saturated heterocycles. The molecule has 0 aliphatic heterocycles. The van der Waals surface area contributed by atoms with E-state index in [1.54, 1.807) is 11.0 Å². The topological polar surface area (TPSA) is 104 Å². The van der Waals surface area contributed by atoms with E-state index < -0.39 is 0 Å². The second-order valence-corrected chi connectivity index (χ2v) is 4.70. The average molecular weight is 277 g/mol. The first-order valence-electron chi connectivity index (χ1n) is 6.38. The van der Waals surface area contributed by atoms with E-state index in [0.29, 0.717) is 18.7 Å². The molecule has 108 valence electrons. The van der Waals surface area contributed by atoms with Gasteiger partial charge in [-0.1, -0.05) is 0 Å². The molecular weight excluding hydrogens is 258 g/mol. The van der Waals surface area contributed by atoms with Crippen molar-refractivity contribution in [3.05, 3.63) is 23.5 Å². The van der Waals surface area contributed by atoms with Gasteiger partial charge in [0.2, 0.25) is 5.91 Å². The van der Waals surface area contributed by atoms with Crippen molar-refractivity contribution in [2.45, 2.75) is 26.8 Å². The van der Waals surface area contributed by atoms with Crippen LogP contribution in [0.2, 0.25) is 0 Å². The van der Waals surface area contributed by atoms with E-state index in [2.05, 4.69) is 20.6 Å². The van der Waals surface area contributed by atoms with Crippen LogP contribution >= 0.6 is 0 Å². The Balaban J connectivity index is 1.84. The van der Waals surface area contributed by atoms with Gasteiger partial charge in [0.05, 0.1) is 17.1 Å². The van der Waals surface area contributed by atoms with Crippen molar-refractivity contribution in [2.24, 2.45) is 7.05 Å². The molecule has 0 aliphatic carbocycles. The van der Waals surface area contributed by atoms with Crippen LogP contribution < -0.4 is 11.1 Å². The second kappa shape index (κ2) is 5.72. The Kier molecular flexibility index (Phi) is 4.02. The number of aromatic nitrogens is 5. The molecule has 0 radical (unpaired) electrons. The Hall–Kier alpha value is -2.38. The molecule has 0 aliphatic rings. The Morgan fingerprint density at radius 3 is 2.75 bits per heavy atom. The summed E-state index contributed by atoms with van der Waals surface area (Å²) in [5, 5.41) is 14.8. The van der Waals surface area contributed by atoms with Gasteiger partial charge in [-0.25, -0.2) is 0 Å². The van der Waals surface area contributed by atoms with Crippen molar-refractivity contribution in [3.8, 4) is 0 Å². The van der Waals surface area contributed by atoms with Gasteiger partial charge in [0.25, 0.3) is 0 Å². The highest BCUT2D eigenvalue weighted by Gasteiger charge is 2.11. The fraction of sp³-hybridized carbons (Fsp3) is 0.500. The normalized spacial score (nSPS) is 10.8. The third-order valence-electron chi connectivity index (χ3n) is 3.21. The fourth-order valence-corrected chi connectivity index (χ4v) is 1.90. The van der Waals surface area contributed by atoms with E-state index in [1.165, 1.54) is 0 Å². The maximum Gasteiger partial charge on any atom is 0.241 e. The summed E-state index contributed by atoms with van der Waals surface area (Å²) in [5.41, 5.74) is 8.02. The van der Waals surface area contributed by atoms with Crippen LogP contribution in [0.1, 0.15) is 17.2 Å². The Morgan fingerprint density at radius 1 is 1.45 bits per heavy atom. The minimum atomic E-state index is -0.0993. The molecule has 0 unspecified atom stereocenters. The molecule has 1 amide bonds. The number of anilines is 1. The first-order chi connectivity index (χ1) is 9.49. The summed E-state index contributed by atoms with van der Waals surface area (Å²) in [6.45, 7) is 4.36. The monoisotopic (exact) mass is 277 g/mol. The largest absolute Gasteiger partial charge is 0.396 e. The summed E-state index contributed by atoms with van der Waals surface area (Å²) in [4.78, 5) is 11.8. The molecule has 2 aromatic rings. The maximum atomic E-state index is 11.8. The SMILES string of the molecule is Cc1nn(CC(=O)NCCc2nncn2C)c(C)c1N. The van der Waals surface area contributed by atoms with Crippen LogP contribution in [0.25, 0.3) is 0 Å². The predicted molar refractivity (Wildman–Crippen MR) is 73.8 cm³/mol. The molecule has 0 bridgehead atoms. The minimum absolute atomic E-state index is 0.0993. The number of nitrogens with one attached hydrogen (secondary N) is 1. The number of hydrogen-bond acceptors (Lipinski definition) is 5. The molecule has 2 heterocycles. The third kappa shape index (κ3) is 2.95. The van der Waals surface area contributed by atoms with Gasteiger partial charge in [0, 0.05) is 20.0 Å². The molecule has 0 aromatic carbocycles. The molecule has 3 N–H and O–H groups in total. The minimum Gasteiger partial charge on any atom is -0.396 e. The van der Waals surface area contributed by atoms with Gasteiger partial charge in [-0.3, -0.25) is 9.48 Å². The van der Waals surface area contributed by atoms with E-state index in [9.17, 15) is 4.79 Å².